The first-order chi connectivity index (χ1) is 18.0. The zero-order valence-corrected chi connectivity index (χ0v) is 22.4. The molecule has 2 aromatic rings. The molecule has 2 amide bonds. The highest BCUT2D eigenvalue weighted by atomic mass is 32.2. The van der Waals surface area contributed by atoms with Gasteiger partial charge in [0, 0.05) is 37.0 Å². The number of esters is 2. The van der Waals surface area contributed by atoms with Crippen molar-refractivity contribution in [1.29, 1.82) is 0 Å². The number of hydrogen-bond acceptors (Lipinski definition) is 9. The van der Waals surface area contributed by atoms with Crippen molar-refractivity contribution < 1.29 is 42.2 Å². The average Bonchev–Trinajstić information content (AvgIpc) is 2.85. The van der Waals surface area contributed by atoms with Crippen LogP contribution in [0.15, 0.2) is 36.4 Å². The Morgan fingerprint density at radius 3 is 2.18 bits per heavy atom. The molecule has 0 heterocycles. The fourth-order valence-electron chi connectivity index (χ4n) is 3.17. The molecule has 2 aromatic carbocycles. The first kappa shape index (κ1) is 30.8. The van der Waals surface area contributed by atoms with Gasteiger partial charge in [-0.2, -0.15) is 12.6 Å². The van der Waals surface area contributed by atoms with Crippen LogP contribution in [0.3, 0.4) is 0 Å². The van der Waals surface area contributed by atoms with Gasteiger partial charge in [0.05, 0.1) is 12.2 Å². The summed E-state index contributed by atoms with van der Waals surface area (Å²) in [5, 5.41) is 4.10. The number of amides is 2. The molecule has 0 spiro atoms. The second kappa shape index (κ2) is 14.5. The number of carbonyl (C=O) groups excluding carboxylic acids is 5. The molecule has 13 heteroatoms. The molecule has 2 N–H and O–H groups in total. The van der Waals surface area contributed by atoms with E-state index < -0.39 is 52.6 Å². The summed E-state index contributed by atoms with van der Waals surface area (Å²) in [5.41, 5.74) is -0.00383. The Bertz CT molecular complexity index is 1230. The summed E-state index contributed by atoms with van der Waals surface area (Å²) < 4.78 is 38.1. The van der Waals surface area contributed by atoms with E-state index in [4.69, 9.17) is 9.47 Å². The van der Waals surface area contributed by atoms with Crippen molar-refractivity contribution in [2.24, 2.45) is 0 Å². The quantitative estimate of drug-likeness (QED) is 0.215. The van der Waals surface area contributed by atoms with E-state index >= 15 is 0 Å². The molecule has 0 saturated heterocycles. The highest BCUT2D eigenvalue weighted by Gasteiger charge is 2.26. The van der Waals surface area contributed by atoms with E-state index in [1.165, 1.54) is 38.1 Å². The Morgan fingerprint density at radius 2 is 1.61 bits per heavy atom. The van der Waals surface area contributed by atoms with Gasteiger partial charge in [-0.3, -0.25) is 14.4 Å². The molecular weight excluding hydrogens is 542 g/mol. The summed E-state index contributed by atoms with van der Waals surface area (Å²) in [5.74, 6) is -4.85. The molecule has 2 atom stereocenters. The molecule has 0 fully saturated rings. The third kappa shape index (κ3) is 8.84. The van der Waals surface area contributed by atoms with Gasteiger partial charge < -0.3 is 20.1 Å². The van der Waals surface area contributed by atoms with Crippen LogP contribution in [-0.4, -0.2) is 59.1 Å². The lowest BCUT2D eigenvalue weighted by Crippen LogP contribution is -2.43. The lowest BCUT2D eigenvalue weighted by molar-refractivity contribution is -0.146. The van der Waals surface area contributed by atoms with Gasteiger partial charge in [-0.05, 0) is 36.8 Å². The number of halogens is 2. The van der Waals surface area contributed by atoms with Crippen LogP contribution in [0.25, 0.3) is 11.1 Å². The highest BCUT2D eigenvalue weighted by Crippen LogP contribution is 2.32. The third-order valence-electron chi connectivity index (χ3n) is 4.83. The predicted octanol–water partition coefficient (Wildman–Crippen LogP) is 2.91. The number of nitrogens with one attached hydrogen (secondary N) is 2. The fraction of sp³-hybridized carbons (Fsp3) is 0.320. The first-order valence-corrected chi connectivity index (χ1v) is 12.9. The maximum atomic E-state index is 14.4. The monoisotopic (exact) mass is 568 g/mol. The molecule has 0 aliphatic rings. The van der Waals surface area contributed by atoms with E-state index in [2.05, 4.69) is 23.3 Å². The van der Waals surface area contributed by atoms with Gasteiger partial charge in [0.1, 0.15) is 29.5 Å². The zero-order chi connectivity index (χ0) is 28.4. The third-order valence-corrected chi connectivity index (χ3v) is 6.17. The topological polar surface area (TPSA) is 128 Å². The Balaban J connectivity index is 2.43. The normalized spacial score (nSPS) is 12.2. The van der Waals surface area contributed by atoms with Crippen LogP contribution in [0.5, 0.6) is 5.75 Å². The fourth-order valence-corrected chi connectivity index (χ4v) is 4.26. The molecule has 0 radical (unpaired) electrons. The van der Waals surface area contributed by atoms with E-state index in [1.54, 1.807) is 6.92 Å². The molecule has 9 nitrogen and oxygen atoms in total. The number of carbonyl (C=O) groups is 5. The minimum absolute atomic E-state index is 0.0162. The summed E-state index contributed by atoms with van der Waals surface area (Å²) in [6.07, 6.45) is 0. The number of thioether (sulfide) groups is 1. The predicted molar refractivity (Wildman–Crippen MR) is 140 cm³/mol. The molecule has 0 bridgehead atoms. The van der Waals surface area contributed by atoms with E-state index in [-0.39, 0.29) is 40.6 Å². The molecule has 38 heavy (non-hydrogen) atoms. The van der Waals surface area contributed by atoms with Crippen LogP contribution in [0.2, 0.25) is 0 Å². The van der Waals surface area contributed by atoms with Crippen LogP contribution >= 0.6 is 24.4 Å². The van der Waals surface area contributed by atoms with E-state index in [9.17, 15) is 32.8 Å². The Hall–Kier alpha value is -3.45. The van der Waals surface area contributed by atoms with Crippen LogP contribution in [0, 0.1) is 11.6 Å². The summed E-state index contributed by atoms with van der Waals surface area (Å²) in [6.45, 7) is 4.04. The largest absolute Gasteiger partial charge is 0.464 e. The lowest BCUT2D eigenvalue weighted by Gasteiger charge is -2.18. The van der Waals surface area contributed by atoms with Gasteiger partial charge >= 0.3 is 11.9 Å². The zero-order valence-electron chi connectivity index (χ0n) is 20.7. The number of ether oxygens (including phenoxy) is 2. The molecule has 0 aromatic heterocycles. The average molecular weight is 569 g/mol. The van der Waals surface area contributed by atoms with Gasteiger partial charge in [0.2, 0.25) is 16.9 Å². The first-order valence-electron chi connectivity index (χ1n) is 11.3. The summed E-state index contributed by atoms with van der Waals surface area (Å²) in [7, 11) is 0. The van der Waals surface area contributed by atoms with Crippen molar-refractivity contribution in [3.63, 3.8) is 0 Å². The maximum absolute atomic E-state index is 14.4. The minimum Gasteiger partial charge on any atom is -0.464 e. The maximum Gasteiger partial charge on any atom is 0.334 e. The summed E-state index contributed by atoms with van der Waals surface area (Å²) in [4.78, 5) is 61.0. The van der Waals surface area contributed by atoms with Crippen LogP contribution in [-0.2, 0) is 23.9 Å². The number of hydrogen-bond donors (Lipinski definition) is 3. The van der Waals surface area contributed by atoms with Gasteiger partial charge in [-0.25, -0.2) is 18.4 Å². The second-order valence-corrected chi connectivity index (χ2v) is 9.15. The van der Waals surface area contributed by atoms with Crippen molar-refractivity contribution in [3.8, 4) is 16.9 Å². The number of thiol groups is 1. The highest BCUT2D eigenvalue weighted by molar-refractivity contribution is 8.14. The van der Waals surface area contributed by atoms with E-state index in [0.717, 1.165) is 6.07 Å². The summed E-state index contributed by atoms with van der Waals surface area (Å²) >= 11 is 4.65. The number of rotatable bonds is 11. The van der Waals surface area contributed by atoms with Crippen molar-refractivity contribution >= 4 is 53.3 Å². The van der Waals surface area contributed by atoms with Crippen LogP contribution in [0.1, 0.15) is 31.1 Å². The minimum atomic E-state index is -1.14. The van der Waals surface area contributed by atoms with Crippen molar-refractivity contribution in [2.45, 2.75) is 32.9 Å². The van der Waals surface area contributed by atoms with Gasteiger partial charge in [-0.15, -0.1) is 0 Å². The Labute approximate surface area is 227 Å². The molecule has 0 aliphatic heterocycles. The van der Waals surface area contributed by atoms with E-state index in [1.807, 2.05) is 0 Å². The van der Waals surface area contributed by atoms with Crippen molar-refractivity contribution in [2.75, 3.05) is 18.1 Å². The molecular formula is C25H26F2N2O7S2. The van der Waals surface area contributed by atoms with Crippen molar-refractivity contribution in [3.05, 3.63) is 53.6 Å². The molecule has 2 unspecified atom stereocenters. The van der Waals surface area contributed by atoms with Crippen molar-refractivity contribution in [1.82, 2.24) is 10.6 Å². The second-order valence-electron chi connectivity index (χ2n) is 7.80. The smallest absolute Gasteiger partial charge is 0.334 e. The van der Waals surface area contributed by atoms with Crippen LogP contribution < -0.4 is 15.4 Å². The SMILES string of the molecule is CCOC(=O)C(CSC(=O)c1cc(-c2ccc(F)cc2F)ccc1OC(=O)C(CS)NC(C)=O)NC(C)=O. The number of benzene rings is 2. The van der Waals surface area contributed by atoms with Gasteiger partial charge in [0.25, 0.3) is 0 Å². The molecule has 0 saturated carbocycles. The lowest BCUT2D eigenvalue weighted by atomic mass is 10.0. The van der Waals surface area contributed by atoms with Crippen LogP contribution in [0.4, 0.5) is 8.78 Å². The van der Waals surface area contributed by atoms with Gasteiger partial charge in [-0.1, -0.05) is 17.8 Å². The molecule has 204 valence electrons. The molecule has 2 rings (SSSR count). The Morgan fingerprint density at radius 1 is 0.947 bits per heavy atom. The summed E-state index contributed by atoms with van der Waals surface area (Å²) in [6, 6.07) is 4.53. The Kier molecular flexibility index (Phi) is 11.7. The standard InChI is InChI=1S/C25H26F2N2O7S2/c1-4-35-23(32)21(29-14(3)31)12-38-25(34)18-9-15(17-7-6-16(26)10-19(17)27)5-8-22(18)36-24(33)20(11-37)28-13(2)30/h5-10,20-21,37H,4,11-12H2,1-3H3,(H,28,30)(H,29,31). The van der Waals surface area contributed by atoms with Gasteiger partial charge in [0.15, 0.2) is 0 Å². The van der Waals surface area contributed by atoms with E-state index in [0.29, 0.717) is 17.8 Å². The molecule has 0 aliphatic carbocycles.